The molecular formula is C20H18F3N3O3. The number of aliphatic hydroxyl groups excluding tert-OH is 1. The molecule has 1 heterocycles. The van der Waals surface area contributed by atoms with Crippen LogP contribution in [0.1, 0.15) is 18.4 Å². The Morgan fingerprint density at radius 1 is 1.21 bits per heavy atom. The topological polar surface area (TPSA) is 76.4 Å². The van der Waals surface area contributed by atoms with Gasteiger partial charge >= 0.3 is 11.9 Å². The Labute approximate surface area is 163 Å². The van der Waals surface area contributed by atoms with Crippen LogP contribution in [0.2, 0.25) is 0 Å². The van der Waals surface area contributed by atoms with Crippen LogP contribution >= 0.6 is 0 Å². The summed E-state index contributed by atoms with van der Waals surface area (Å²) in [7, 11) is 1.26. The Bertz CT molecular complexity index is 1110. The molecule has 0 aliphatic heterocycles. The van der Waals surface area contributed by atoms with Gasteiger partial charge < -0.3 is 15.2 Å². The van der Waals surface area contributed by atoms with E-state index in [0.29, 0.717) is 18.5 Å². The van der Waals surface area contributed by atoms with Gasteiger partial charge in [-0.05, 0) is 37.1 Å². The zero-order valence-corrected chi connectivity index (χ0v) is 15.4. The number of rotatable bonds is 4. The third-order valence-corrected chi connectivity index (χ3v) is 5.08. The molecule has 1 aromatic heterocycles. The number of anilines is 1. The van der Waals surface area contributed by atoms with E-state index < -0.39 is 23.5 Å². The number of halogens is 3. The molecule has 2 aromatic carbocycles. The maximum Gasteiger partial charge on any atom is 0.416 e. The van der Waals surface area contributed by atoms with Crippen LogP contribution in [-0.4, -0.2) is 33.9 Å². The molecule has 1 fully saturated rings. The zero-order valence-electron chi connectivity index (χ0n) is 15.4. The van der Waals surface area contributed by atoms with Crippen LogP contribution in [-0.2, 0) is 6.18 Å². The summed E-state index contributed by atoms with van der Waals surface area (Å²) in [5, 5.41) is 13.1. The van der Waals surface area contributed by atoms with Gasteiger partial charge in [0.25, 0.3) is 0 Å². The fourth-order valence-corrected chi connectivity index (χ4v) is 3.40. The van der Waals surface area contributed by atoms with Crippen LogP contribution in [0, 0.1) is 0 Å². The van der Waals surface area contributed by atoms with E-state index in [1.165, 1.54) is 7.11 Å². The molecule has 3 aromatic rings. The number of fused-ring (bicyclic) bond motifs is 1. The SMILES string of the molecule is COc1cc(C(F)(F)F)cc2c1c(NC1CCC1O)nc(=O)n2-c1ccccc1. The normalized spacial score (nSPS) is 19.1. The van der Waals surface area contributed by atoms with Gasteiger partial charge in [-0.3, -0.25) is 4.57 Å². The molecule has 29 heavy (non-hydrogen) atoms. The Hall–Kier alpha value is -3.07. The Morgan fingerprint density at radius 3 is 2.48 bits per heavy atom. The fraction of sp³-hybridized carbons (Fsp3) is 0.300. The highest BCUT2D eigenvalue weighted by Crippen LogP contribution is 2.39. The molecule has 1 aliphatic carbocycles. The number of hydrogen-bond donors (Lipinski definition) is 2. The highest BCUT2D eigenvalue weighted by Gasteiger charge is 2.34. The fourth-order valence-electron chi connectivity index (χ4n) is 3.40. The van der Waals surface area contributed by atoms with Crippen LogP contribution in [0.3, 0.4) is 0 Å². The highest BCUT2D eigenvalue weighted by atomic mass is 19.4. The van der Waals surface area contributed by atoms with E-state index in [0.717, 1.165) is 16.7 Å². The van der Waals surface area contributed by atoms with E-state index in [9.17, 15) is 23.1 Å². The van der Waals surface area contributed by atoms with E-state index in [4.69, 9.17) is 4.74 Å². The summed E-state index contributed by atoms with van der Waals surface area (Å²) in [5.74, 6) is 0.0230. The molecule has 9 heteroatoms. The monoisotopic (exact) mass is 405 g/mol. The van der Waals surface area contributed by atoms with Gasteiger partial charge in [0.05, 0.1) is 41.4 Å². The molecule has 0 radical (unpaired) electrons. The van der Waals surface area contributed by atoms with Gasteiger partial charge in [0.2, 0.25) is 0 Å². The van der Waals surface area contributed by atoms with Crippen LogP contribution < -0.4 is 15.7 Å². The molecule has 4 rings (SSSR count). The number of nitrogens with zero attached hydrogens (tertiary/aromatic N) is 2. The number of aliphatic hydroxyl groups is 1. The Balaban J connectivity index is 2.05. The van der Waals surface area contributed by atoms with Gasteiger partial charge in [-0.25, -0.2) is 4.79 Å². The predicted molar refractivity (Wildman–Crippen MR) is 102 cm³/mol. The third kappa shape index (κ3) is 3.42. The van der Waals surface area contributed by atoms with Gasteiger partial charge in [0.15, 0.2) is 0 Å². The van der Waals surface area contributed by atoms with Gasteiger partial charge in [0, 0.05) is 0 Å². The lowest BCUT2D eigenvalue weighted by molar-refractivity contribution is -0.137. The van der Waals surface area contributed by atoms with Crippen molar-refractivity contribution in [3.05, 3.63) is 58.5 Å². The third-order valence-electron chi connectivity index (χ3n) is 5.08. The summed E-state index contributed by atoms with van der Waals surface area (Å²) in [5.41, 5.74) is -1.28. The standard InChI is InChI=1S/C20H18F3N3O3/c1-29-16-10-11(20(21,22)23)9-14-17(16)18(24-13-7-8-15(13)27)25-19(28)26(14)12-5-3-2-4-6-12/h2-6,9-10,13,15,27H,7-8H2,1H3,(H,24,25,28). The second kappa shape index (κ2) is 7.07. The number of nitrogens with one attached hydrogen (secondary N) is 1. The maximum absolute atomic E-state index is 13.5. The lowest BCUT2D eigenvalue weighted by Gasteiger charge is -2.33. The van der Waals surface area contributed by atoms with E-state index in [1.54, 1.807) is 30.3 Å². The second-order valence-electron chi connectivity index (χ2n) is 6.88. The number of ether oxygens (including phenoxy) is 1. The zero-order chi connectivity index (χ0) is 20.8. The minimum Gasteiger partial charge on any atom is -0.496 e. The lowest BCUT2D eigenvalue weighted by Crippen LogP contribution is -2.43. The Kier molecular flexibility index (Phi) is 4.70. The van der Waals surface area contributed by atoms with Crippen LogP contribution in [0.25, 0.3) is 16.6 Å². The molecule has 2 unspecified atom stereocenters. The first-order valence-corrected chi connectivity index (χ1v) is 9.01. The highest BCUT2D eigenvalue weighted by molar-refractivity contribution is 5.96. The molecule has 2 N–H and O–H groups in total. The summed E-state index contributed by atoms with van der Waals surface area (Å²) in [4.78, 5) is 16.9. The van der Waals surface area contributed by atoms with E-state index in [-0.39, 0.29) is 28.5 Å². The van der Waals surface area contributed by atoms with E-state index >= 15 is 0 Å². The number of methoxy groups -OCH3 is 1. The van der Waals surface area contributed by atoms with Crippen LogP contribution in [0.4, 0.5) is 19.0 Å². The lowest BCUT2D eigenvalue weighted by atomic mass is 9.89. The summed E-state index contributed by atoms with van der Waals surface area (Å²) >= 11 is 0. The molecule has 0 spiro atoms. The molecule has 152 valence electrons. The predicted octanol–water partition coefficient (Wildman–Crippen LogP) is 3.35. The van der Waals surface area contributed by atoms with Crippen molar-refractivity contribution in [1.29, 1.82) is 0 Å². The molecule has 1 aliphatic rings. The minimum atomic E-state index is -4.62. The summed E-state index contributed by atoms with van der Waals surface area (Å²) in [6.07, 6.45) is -3.97. The first-order valence-electron chi connectivity index (χ1n) is 9.01. The van der Waals surface area contributed by atoms with Gasteiger partial charge in [0.1, 0.15) is 11.6 Å². The quantitative estimate of drug-likeness (QED) is 0.696. The van der Waals surface area contributed by atoms with Crippen molar-refractivity contribution in [3.63, 3.8) is 0 Å². The summed E-state index contributed by atoms with van der Waals surface area (Å²) in [6.45, 7) is 0. The molecule has 2 atom stereocenters. The van der Waals surface area contributed by atoms with Gasteiger partial charge in [-0.15, -0.1) is 0 Å². The van der Waals surface area contributed by atoms with Crippen molar-refractivity contribution in [1.82, 2.24) is 9.55 Å². The summed E-state index contributed by atoms with van der Waals surface area (Å²) in [6, 6.07) is 9.77. The van der Waals surface area contributed by atoms with Crippen molar-refractivity contribution in [3.8, 4) is 11.4 Å². The van der Waals surface area contributed by atoms with E-state index in [2.05, 4.69) is 10.3 Å². The van der Waals surface area contributed by atoms with Crippen molar-refractivity contribution < 1.29 is 23.0 Å². The van der Waals surface area contributed by atoms with Crippen molar-refractivity contribution >= 4 is 16.7 Å². The van der Waals surface area contributed by atoms with Crippen LogP contribution in [0.15, 0.2) is 47.3 Å². The molecule has 1 saturated carbocycles. The van der Waals surface area contributed by atoms with Crippen molar-refractivity contribution in [2.75, 3.05) is 12.4 Å². The number of alkyl halides is 3. The maximum atomic E-state index is 13.5. The van der Waals surface area contributed by atoms with Crippen molar-refractivity contribution in [2.45, 2.75) is 31.2 Å². The number of aromatic nitrogens is 2. The number of benzene rings is 2. The average Bonchev–Trinajstić information content (AvgIpc) is 2.69. The number of para-hydroxylation sites is 1. The number of hydrogen-bond acceptors (Lipinski definition) is 5. The van der Waals surface area contributed by atoms with Crippen LogP contribution in [0.5, 0.6) is 5.75 Å². The molecule has 0 saturated heterocycles. The van der Waals surface area contributed by atoms with E-state index in [1.807, 2.05) is 0 Å². The van der Waals surface area contributed by atoms with Gasteiger partial charge in [-0.1, -0.05) is 18.2 Å². The largest absolute Gasteiger partial charge is 0.496 e. The van der Waals surface area contributed by atoms with Crippen molar-refractivity contribution in [2.24, 2.45) is 0 Å². The molecule has 0 bridgehead atoms. The smallest absolute Gasteiger partial charge is 0.416 e. The molecule has 6 nitrogen and oxygen atoms in total. The summed E-state index contributed by atoms with van der Waals surface area (Å²) < 4.78 is 46.8. The molecular weight excluding hydrogens is 387 g/mol. The first-order chi connectivity index (χ1) is 13.8. The van der Waals surface area contributed by atoms with Gasteiger partial charge in [-0.2, -0.15) is 18.2 Å². The first kappa shape index (κ1) is 19.3. The molecule has 0 amide bonds. The Morgan fingerprint density at radius 2 is 1.93 bits per heavy atom. The average molecular weight is 405 g/mol. The minimum absolute atomic E-state index is 0.0131. The second-order valence-corrected chi connectivity index (χ2v) is 6.88.